The van der Waals surface area contributed by atoms with Crippen LogP contribution in [0.5, 0.6) is 23.0 Å². The Balaban J connectivity index is 1.66. The smallest absolute Gasteiger partial charge is 0.314 e. The maximum atomic E-state index is 11.8. The third-order valence-corrected chi connectivity index (χ3v) is 3.87. The first-order valence-electron chi connectivity index (χ1n) is 8.66. The highest BCUT2D eigenvalue weighted by Gasteiger charge is 2.10. The van der Waals surface area contributed by atoms with E-state index in [9.17, 15) is 4.79 Å². The number of urea groups is 1. The number of hydrogen-bond donors (Lipinski definition) is 2. The van der Waals surface area contributed by atoms with E-state index in [-0.39, 0.29) is 6.03 Å². The second-order valence-corrected chi connectivity index (χ2v) is 5.62. The van der Waals surface area contributed by atoms with Gasteiger partial charge in [-0.25, -0.2) is 4.79 Å². The number of carbonyl (C=O) groups excluding carboxylic acids is 1. The SMILES string of the molecule is COc1ccc(CCNC(=O)NCCOc2cccc(OC)c2OC)cc1. The lowest BCUT2D eigenvalue weighted by Gasteiger charge is -2.14. The first-order valence-corrected chi connectivity index (χ1v) is 8.66. The van der Waals surface area contributed by atoms with E-state index in [1.165, 1.54) is 0 Å². The zero-order valence-corrected chi connectivity index (χ0v) is 15.9. The van der Waals surface area contributed by atoms with Crippen LogP contribution in [0.25, 0.3) is 0 Å². The lowest BCUT2D eigenvalue weighted by atomic mass is 10.1. The molecule has 0 fully saturated rings. The summed E-state index contributed by atoms with van der Waals surface area (Å²) in [6, 6.07) is 12.9. The van der Waals surface area contributed by atoms with Crippen LogP contribution < -0.4 is 29.6 Å². The zero-order chi connectivity index (χ0) is 19.5. The number of amides is 2. The van der Waals surface area contributed by atoms with Crippen molar-refractivity contribution in [3.05, 3.63) is 48.0 Å². The van der Waals surface area contributed by atoms with Crippen LogP contribution in [0.4, 0.5) is 4.79 Å². The molecule has 2 amide bonds. The second-order valence-electron chi connectivity index (χ2n) is 5.62. The van der Waals surface area contributed by atoms with Gasteiger partial charge in [-0.1, -0.05) is 18.2 Å². The number of para-hydroxylation sites is 1. The lowest BCUT2D eigenvalue weighted by molar-refractivity contribution is 0.235. The molecule has 7 heteroatoms. The maximum absolute atomic E-state index is 11.8. The average Bonchev–Trinajstić information content (AvgIpc) is 2.71. The molecule has 27 heavy (non-hydrogen) atoms. The maximum Gasteiger partial charge on any atom is 0.314 e. The minimum Gasteiger partial charge on any atom is -0.497 e. The van der Waals surface area contributed by atoms with Gasteiger partial charge in [0.25, 0.3) is 0 Å². The molecule has 0 atom stereocenters. The van der Waals surface area contributed by atoms with Crippen molar-refractivity contribution in [3.8, 4) is 23.0 Å². The summed E-state index contributed by atoms with van der Waals surface area (Å²) in [5, 5.41) is 5.57. The summed E-state index contributed by atoms with van der Waals surface area (Å²) in [7, 11) is 4.76. The van der Waals surface area contributed by atoms with E-state index in [1.807, 2.05) is 30.3 Å². The molecule has 0 heterocycles. The quantitative estimate of drug-likeness (QED) is 0.625. The Morgan fingerprint density at radius 2 is 1.56 bits per heavy atom. The Morgan fingerprint density at radius 1 is 0.852 bits per heavy atom. The first-order chi connectivity index (χ1) is 13.2. The van der Waals surface area contributed by atoms with Gasteiger partial charge in [0.2, 0.25) is 5.75 Å². The molecule has 0 aliphatic heterocycles. The van der Waals surface area contributed by atoms with Gasteiger partial charge >= 0.3 is 6.03 Å². The largest absolute Gasteiger partial charge is 0.497 e. The molecule has 2 aromatic carbocycles. The Kier molecular flexibility index (Phi) is 8.09. The standard InChI is InChI=1S/C20H26N2O5/c1-24-16-9-7-15(8-10-16)11-12-21-20(23)22-13-14-27-18-6-4-5-17(25-2)19(18)26-3/h4-10H,11-14H2,1-3H3,(H2,21,22,23). The van der Waals surface area contributed by atoms with Crippen molar-refractivity contribution >= 4 is 6.03 Å². The first kappa shape index (κ1) is 20.2. The molecule has 0 saturated carbocycles. The van der Waals surface area contributed by atoms with Gasteiger partial charge in [-0.2, -0.15) is 0 Å². The molecule has 2 N–H and O–H groups in total. The van der Waals surface area contributed by atoms with Gasteiger partial charge in [-0.3, -0.25) is 0 Å². The van der Waals surface area contributed by atoms with E-state index in [0.717, 1.165) is 17.7 Å². The summed E-state index contributed by atoms with van der Waals surface area (Å²) >= 11 is 0. The number of ether oxygens (including phenoxy) is 4. The van der Waals surface area contributed by atoms with Crippen LogP contribution in [0.15, 0.2) is 42.5 Å². The highest BCUT2D eigenvalue weighted by molar-refractivity contribution is 5.73. The number of carbonyl (C=O) groups is 1. The van der Waals surface area contributed by atoms with Crippen molar-refractivity contribution in [2.45, 2.75) is 6.42 Å². The molecule has 0 saturated heterocycles. The minimum absolute atomic E-state index is 0.232. The Labute approximate surface area is 159 Å². The third-order valence-electron chi connectivity index (χ3n) is 3.87. The third kappa shape index (κ3) is 6.29. The van der Waals surface area contributed by atoms with Crippen LogP contribution in [-0.4, -0.2) is 47.1 Å². The van der Waals surface area contributed by atoms with Crippen molar-refractivity contribution in [2.75, 3.05) is 41.0 Å². The molecule has 0 aliphatic carbocycles. The van der Waals surface area contributed by atoms with Crippen molar-refractivity contribution in [3.63, 3.8) is 0 Å². The van der Waals surface area contributed by atoms with Gasteiger partial charge in [0.05, 0.1) is 27.9 Å². The predicted molar refractivity (Wildman–Crippen MR) is 103 cm³/mol. The van der Waals surface area contributed by atoms with Gasteiger partial charge < -0.3 is 29.6 Å². The fraction of sp³-hybridized carbons (Fsp3) is 0.350. The van der Waals surface area contributed by atoms with Gasteiger partial charge in [-0.05, 0) is 36.2 Å². The molecule has 2 aromatic rings. The van der Waals surface area contributed by atoms with Crippen molar-refractivity contribution < 1.29 is 23.7 Å². The van der Waals surface area contributed by atoms with Crippen molar-refractivity contribution in [1.29, 1.82) is 0 Å². The fourth-order valence-electron chi connectivity index (χ4n) is 2.47. The summed E-state index contributed by atoms with van der Waals surface area (Å²) in [5.74, 6) is 2.51. The highest BCUT2D eigenvalue weighted by Crippen LogP contribution is 2.36. The zero-order valence-electron chi connectivity index (χ0n) is 15.9. The predicted octanol–water partition coefficient (Wildman–Crippen LogP) is 2.63. The van der Waals surface area contributed by atoms with Crippen LogP contribution in [-0.2, 0) is 6.42 Å². The van der Waals surface area contributed by atoms with Crippen LogP contribution in [0.1, 0.15) is 5.56 Å². The Morgan fingerprint density at radius 3 is 2.22 bits per heavy atom. The van der Waals surface area contributed by atoms with E-state index in [4.69, 9.17) is 18.9 Å². The summed E-state index contributed by atoms with van der Waals surface area (Å²) in [6.45, 7) is 1.23. The van der Waals surface area contributed by atoms with E-state index >= 15 is 0 Å². The molecule has 0 spiro atoms. The van der Waals surface area contributed by atoms with Crippen LogP contribution in [0.3, 0.4) is 0 Å². The van der Waals surface area contributed by atoms with Crippen LogP contribution in [0.2, 0.25) is 0 Å². The molecule has 0 aromatic heterocycles. The lowest BCUT2D eigenvalue weighted by Crippen LogP contribution is -2.38. The average molecular weight is 374 g/mol. The Hall–Kier alpha value is -3.09. The van der Waals surface area contributed by atoms with E-state index in [2.05, 4.69) is 10.6 Å². The number of hydrogen-bond acceptors (Lipinski definition) is 5. The number of rotatable bonds is 10. The molecule has 0 bridgehead atoms. The summed E-state index contributed by atoms with van der Waals surface area (Å²) in [4.78, 5) is 11.8. The van der Waals surface area contributed by atoms with Gasteiger partial charge in [-0.15, -0.1) is 0 Å². The van der Waals surface area contributed by atoms with Crippen LogP contribution >= 0.6 is 0 Å². The number of nitrogens with one attached hydrogen (secondary N) is 2. The molecule has 7 nitrogen and oxygen atoms in total. The molecule has 2 rings (SSSR count). The number of benzene rings is 2. The summed E-state index contributed by atoms with van der Waals surface area (Å²) in [6.07, 6.45) is 0.745. The topological polar surface area (TPSA) is 78.1 Å². The van der Waals surface area contributed by atoms with E-state index < -0.39 is 0 Å². The molecular weight excluding hydrogens is 348 g/mol. The fourth-order valence-corrected chi connectivity index (χ4v) is 2.47. The van der Waals surface area contributed by atoms with Crippen molar-refractivity contribution in [1.82, 2.24) is 10.6 Å². The summed E-state index contributed by atoms with van der Waals surface area (Å²) in [5.41, 5.74) is 1.13. The van der Waals surface area contributed by atoms with Gasteiger partial charge in [0, 0.05) is 6.54 Å². The van der Waals surface area contributed by atoms with Crippen LogP contribution in [0, 0.1) is 0 Å². The van der Waals surface area contributed by atoms with Crippen molar-refractivity contribution in [2.24, 2.45) is 0 Å². The van der Waals surface area contributed by atoms with E-state index in [1.54, 1.807) is 33.5 Å². The van der Waals surface area contributed by atoms with Gasteiger partial charge in [0.15, 0.2) is 11.5 Å². The molecular formula is C20H26N2O5. The Bertz CT molecular complexity index is 719. The summed E-state index contributed by atoms with van der Waals surface area (Å²) < 4.78 is 21.3. The molecule has 0 radical (unpaired) electrons. The molecule has 0 unspecified atom stereocenters. The normalized spacial score (nSPS) is 10.0. The van der Waals surface area contributed by atoms with Gasteiger partial charge in [0.1, 0.15) is 12.4 Å². The molecule has 146 valence electrons. The second kappa shape index (κ2) is 10.8. The minimum atomic E-state index is -0.232. The molecule has 0 aliphatic rings. The highest BCUT2D eigenvalue weighted by atomic mass is 16.5. The monoisotopic (exact) mass is 374 g/mol. The van der Waals surface area contributed by atoms with E-state index in [0.29, 0.717) is 36.9 Å². The number of methoxy groups -OCH3 is 3.